The second-order valence-corrected chi connectivity index (χ2v) is 7.47. The summed E-state index contributed by atoms with van der Waals surface area (Å²) in [5.41, 5.74) is -0.0836. The largest absolute Gasteiger partial charge is 0.483 e. The molecule has 0 saturated heterocycles. The molecule has 0 radical (unpaired) electrons. The molecule has 1 fully saturated rings. The van der Waals surface area contributed by atoms with Crippen LogP contribution in [0.25, 0.3) is 0 Å². The third-order valence-electron chi connectivity index (χ3n) is 5.27. The van der Waals surface area contributed by atoms with Crippen molar-refractivity contribution in [2.45, 2.75) is 38.6 Å². The monoisotopic (exact) mass is 406 g/mol. The first-order chi connectivity index (χ1) is 13.8. The van der Waals surface area contributed by atoms with Gasteiger partial charge < -0.3 is 15.2 Å². The summed E-state index contributed by atoms with van der Waals surface area (Å²) in [5, 5.41) is 14.0. The number of likely N-dealkylation sites (N-methyl/N-ethyl adjacent to an activating group) is 1. The van der Waals surface area contributed by atoms with Gasteiger partial charge in [0.25, 0.3) is 6.47 Å². The van der Waals surface area contributed by atoms with Gasteiger partial charge in [0.05, 0.1) is 25.0 Å². The molecule has 2 N–H and O–H groups in total. The van der Waals surface area contributed by atoms with E-state index >= 15 is 0 Å². The minimum Gasteiger partial charge on any atom is -0.483 e. The summed E-state index contributed by atoms with van der Waals surface area (Å²) in [6, 6.07) is 6.83. The highest BCUT2D eigenvalue weighted by Crippen LogP contribution is 2.67. The molecular formula is C20H27FN4O4. The molecule has 0 aliphatic heterocycles. The van der Waals surface area contributed by atoms with E-state index in [-0.39, 0.29) is 30.0 Å². The molecule has 1 unspecified atom stereocenters. The Hall–Kier alpha value is -2.81. The van der Waals surface area contributed by atoms with Gasteiger partial charge in [-0.25, -0.2) is 14.1 Å². The lowest BCUT2D eigenvalue weighted by molar-refractivity contribution is -0.123. The highest BCUT2D eigenvalue weighted by atomic mass is 19.1. The van der Waals surface area contributed by atoms with Crippen LogP contribution in [-0.4, -0.2) is 53.0 Å². The number of carboxylic acid groups (broad SMARTS) is 1. The van der Waals surface area contributed by atoms with Gasteiger partial charge in [0.15, 0.2) is 5.82 Å². The SMILES string of the molecule is CNC(=O)Cc1nc(C2(c3ccccc3F)CC2(C)C)n(CCOC)n1.O=CO. The predicted octanol–water partition coefficient (Wildman–Crippen LogP) is 1.77. The molecule has 2 aromatic rings. The molecule has 158 valence electrons. The third kappa shape index (κ3) is 4.45. The lowest BCUT2D eigenvalue weighted by Gasteiger charge is -2.22. The van der Waals surface area contributed by atoms with Crippen LogP contribution in [0.1, 0.15) is 37.5 Å². The Bertz CT molecular complexity index is 868. The van der Waals surface area contributed by atoms with Crippen LogP contribution in [0, 0.1) is 11.2 Å². The van der Waals surface area contributed by atoms with Crippen LogP contribution in [0.5, 0.6) is 0 Å². The van der Waals surface area contributed by atoms with Gasteiger partial charge in [-0.2, -0.15) is 5.10 Å². The van der Waals surface area contributed by atoms with Gasteiger partial charge in [-0.15, -0.1) is 0 Å². The average molecular weight is 406 g/mol. The zero-order valence-electron chi connectivity index (χ0n) is 17.1. The van der Waals surface area contributed by atoms with Gasteiger partial charge in [0.2, 0.25) is 5.91 Å². The smallest absolute Gasteiger partial charge is 0.290 e. The minimum atomic E-state index is -0.556. The van der Waals surface area contributed by atoms with E-state index in [2.05, 4.69) is 29.2 Å². The summed E-state index contributed by atoms with van der Waals surface area (Å²) in [7, 11) is 3.20. The molecule has 1 aliphatic carbocycles. The number of benzene rings is 1. The van der Waals surface area contributed by atoms with Gasteiger partial charge in [0.1, 0.15) is 11.6 Å². The molecule has 29 heavy (non-hydrogen) atoms. The van der Waals surface area contributed by atoms with Gasteiger partial charge in [-0.3, -0.25) is 9.59 Å². The third-order valence-corrected chi connectivity index (χ3v) is 5.27. The fourth-order valence-electron chi connectivity index (χ4n) is 3.73. The summed E-state index contributed by atoms with van der Waals surface area (Å²) in [6.07, 6.45) is 0.864. The van der Waals surface area contributed by atoms with Gasteiger partial charge in [-0.05, 0) is 17.9 Å². The summed E-state index contributed by atoms with van der Waals surface area (Å²) < 4.78 is 21.6. The number of carbonyl (C=O) groups is 2. The molecule has 1 aromatic carbocycles. The van der Waals surface area contributed by atoms with Crippen LogP contribution in [0.15, 0.2) is 24.3 Å². The topological polar surface area (TPSA) is 106 Å². The quantitative estimate of drug-likeness (QED) is 0.679. The zero-order valence-corrected chi connectivity index (χ0v) is 17.1. The van der Waals surface area contributed by atoms with Crippen LogP contribution < -0.4 is 5.32 Å². The number of amides is 1. The van der Waals surface area contributed by atoms with Crippen molar-refractivity contribution in [3.63, 3.8) is 0 Å². The zero-order chi connectivity index (χ0) is 21.7. The molecule has 3 rings (SSSR count). The molecule has 9 heteroatoms. The standard InChI is InChI=1S/C19H25FN4O2.CH2O2/c1-18(2)12-19(18,13-7-5-6-8-14(13)20)17-22-15(11-16(25)21-3)23-24(17)9-10-26-4;2-1-3/h5-8H,9-12H2,1-4H3,(H,21,25);1H,(H,2,3). The number of halogens is 1. The van der Waals surface area contributed by atoms with Crippen LogP contribution in [0.3, 0.4) is 0 Å². The fourth-order valence-corrected chi connectivity index (χ4v) is 3.73. The van der Waals surface area contributed by atoms with Crippen molar-refractivity contribution in [3.05, 3.63) is 47.3 Å². The van der Waals surface area contributed by atoms with E-state index in [1.807, 2.05) is 12.1 Å². The number of aromatic nitrogens is 3. The van der Waals surface area contributed by atoms with Crippen molar-refractivity contribution in [2.24, 2.45) is 5.41 Å². The molecule has 1 aromatic heterocycles. The summed E-state index contributed by atoms with van der Waals surface area (Å²) in [4.78, 5) is 24.8. The Morgan fingerprint density at radius 1 is 1.41 bits per heavy atom. The maximum Gasteiger partial charge on any atom is 0.290 e. The van der Waals surface area contributed by atoms with Crippen molar-refractivity contribution >= 4 is 12.4 Å². The highest BCUT2D eigenvalue weighted by Gasteiger charge is 2.66. The predicted molar refractivity (Wildman–Crippen MR) is 104 cm³/mol. The molecule has 0 spiro atoms. The second-order valence-electron chi connectivity index (χ2n) is 7.47. The number of ether oxygens (including phenoxy) is 1. The first-order valence-corrected chi connectivity index (χ1v) is 9.24. The fraction of sp³-hybridized carbons (Fsp3) is 0.500. The Balaban J connectivity index is 0.000000941. The lowest BCUT2D eigenvalue weighted by atomic mass is 9.86. The summed E-state index contributed by atoms with van der Waals surface area (Å²) >= 11 is 0. The first kappa shape index (κ1) is 22.5. The van der Waals surface area contributed by atoms with E-state index in [9.17, 15) is 9.18 Å². The molecular weight excluding hydrogens is 379 g/mol. The number of nitrogens with zero attached hydrogens (tertiary/aromatic N) is 3. The van der Waals surface area contributed by atoms with Gasteiger partial charge in [-0.1, -0.05) is 32.0 Å². The van der Waals surface area contributed by atoms with E-state index in [4.69, 9.17) is 14.6 Å². The molecule has 1 saturated carbocycles. The molecule has 8 nitrogen and oxygen atoms in total. The van der Waals surface area contributed by atoms with Crippen molar-refractivity contribution < 1.29 is 23.8 Å². The normalized spacial score (nSPS) is 19.1. The second kappa shape index (κ2) is 9.13. The average Bonchev–Trinajstić information content (AvgIpc) is 3.05. The molecule has 1 atom stereocenters. The number of rotatable bonds is 7. The van der Waals surface area contributed by atoms with Gasteiger partial charge >= 0.3 is 0 Å². The molecule has 0 bridgehead atoms. The maximum absolute atomic E-state index is 14.7. The van der Waals surface area contributed by atoms with Crippen molar-refractivity contribution in [1.29, 1.82) is 0 Å². The Labute approximate surface area is 169 Å². The van der Waals surface area contributed by atoms with Crippen molar-refractivity contribution in [1.82, 2.24) is 20.1 Å². The Morgan fingerprint density at radius 3 is 2.55 bits per heavy atom. The molecule has 1 heterocycles. The van der Waals surface area contributed by atoms with Gasteiger partial charge in [0, 0.05) is 19.7 Å². The van der Waals surface area contributed by atoms with Crippen LogP contribution in [0.4, 0.5) is 4.39 Å². The lowest BCUT2D eigenvalue weighted by Crippen LogP contribution is -2.24. The summed E-state index contributed by atoms with van der Waals surface area (Å²) in [6.45, 7) is 4.92. The number of hydrogen-bond donors (Lipinski definition) is 2. The maximum atomic E-state index is 14.7. The van der Waals surface area contributed by atoms with Crippen LogP contribution in [0.2, 0.25) is 0 Å². The van der Waals surface area contributed by atoms with E-state index < -0.39 is 5.41 Å². The Morgan fingerprint density at radius 2 is 2.03 bits per heavy atom. The van der Waals surface area contributed by atoms with Crippen molar-refractivity contribution in [2.75, 3.05) is 20.8 Å². The first-order valence-electron chi connectivity index (χ1n) is 9.24. The minimum absolute atomic E-state index is 0.0945. The molecule has 1 amide bonds. The number of carbonyl (C=O) groups excluding carboxylic acids is 1. The number of methoxy groups -OCH3 is 1. The van der Waals surface area contributed by atoms with E-state index in [0.29, 0.717) is 30.4 Å². The number of nitrogens with one attached hydrogen (secondary N) is 1. The van der Waals surface area contributed by atoms with Crippen LogP contribution >= 0.6 is 0 Å². The van der Waals surface area contributed by atoms with Crippen LogP contribution in [-0.2, 0) is 32.7 Å². The van der Waals surface area contributed by atoms with E-state index in [1.165, 1.54) is 6.07 Å². The van der Waals surface area contributed by atoms with Crippen molar-refractivity contribution in [3.8, 4) is 0 Å². The molecule has 1 aliphatic rings. The summed E-state index contributed by atoms with van der Waals surface area (Å²) in [5.74, 6) is 0.736. The number of hydrogen-bond acceptors (Lipinski definition) is 5. The highest BCUT2D eigenvalue weighted by molar-refractivity contribution is 5.77. The van der Waals surface area contributed by atoms with E-state index in [0.717, 1.165) is 6.42 Å². The Kier molecular flexibility index (Phi) is 7.07. The van der Waals surface area contributed by atoms with E-state index in [1.54, 1.807) is 24.9 Å².